The van der Waals surface area contributed by atoms with Crippen LogP contribution in [0.4, 0.5) is 0 Å². The third kappa shape index (κ3) is 3.88. The third-order valence-corrected chi connectivity index (χ3v) is 7.36. The molecule has 1 aliphatic rings. The van der Waals surface area contributed by atoms with Crippen LogP contribution in [0.25, 0.3) is 27.9 Å². The van der Waals surface area contributed by atoms with Gasteiger partial charge in [0.15, 0.2) is 0 Å². The average molecular weight is 478 g/mol. The van der Waals surface area contributed by atoms with E-state index < -0.39 is 0 Å². The Bertz CT molecular complexity index is 1580. The molecule has 0 radical (unpaired) electrons. The molecule has 2 N–H and O–H groups in total. The number of carbonyl (C=O) groups excluding carboxylic acids is 1. The number of hydrogen-bond donors (Lipinski definition) is 1. The molecule has 0 saturated carbocycles. The summed E-state index contributed by atoms with van der Waals surface area (Å²) in [5.74, 6) is 0.0381. The van der Waals surface area contributed by atoms with Crippen LogP contribution in [0.2, 0.25) is 0 Å². The van der Waals surface area contributed by atoms with Crippen molar-refractivity contribution in [2.24, 2.45) is 5.73 Å². The smallest absolute Gasteiger partial charge is 0.254 e. The molecule has 6 rings (SSSR count). The Kier molecular flexibility index (Phi) is 5.61. The molecule has 1 unspecified atom stereocenters. The summed E-state index contributed by atoms with van der Waals surface area (Å²) in [5.41, 5.74) is 14.1. The number of carbonyl (C=O) groups is 1. The highest BCUT2D eigenvalue weighted by atomic mass is 16.2. The molecule has 0 bridgehead atoms. The van der Waals surface area contributed by atoms with Gasteiger partial charge in [0.05, 0.1) is 5.69 Å². The number of rotatable bonds is 4. The molecule has 1 saturated heterocycles. The first kappa shape index (κ1) is 22.6. The molecule has 36 heavy (non-hydrogen) atoms. The Morgan fingerprint density at radius 2 is 1.81 bits per heavy atom. The third-order valence-electron chi connectivity index (χ3n) is 7.36. The summed E-state index contributed by atoms with van der Waals surface area (Å²) in [5, 5.41) is 1.19. The number of pyridine rings is 1. The predicted molar refractivity (Wildman–Crippen MR) is 144 cm³/mol. The molecule has 182 valence electrons. The molecule has 6 nitrogen and oxygen atoms in total. The molecule has 0 aliphatic carbocycles. The summed E-state index contributed by atoms with van der Waals surface area (Å²) in [6.07, 6.45) is 1.92. The SMILES string of the molecule is Cc1cc(C(=O)N2CCCC(N)C2)cc2nc(-c3cc4ccccc4n3Cc3ccccc3)c(C)n12. The number of nitrogens with two attached hydrogens (primary N) is 1. The van der Waals surface area contributed by atoms with Gasteiger partial charge in [-0.3, -0.25) is 4.79 Å². The zero-order chi connectivity index (χ0) is 24.8. The first-order valence-corrected chi connectivity index (χ1v) is 12.7. The minimum atomic E-state index is 0.0381. The van der Waals surface area contributed by atoms with Crippen LogP contribution in [-0.2, 0) is 6.54 Å². The Morgan fingerprint density at radius 3 is 2.61 bits per heavy atom. The Balaban J connectivity index is 1.46. The summed E-state index contributed by atoms with van der Waals surface area (Å²) < 4.78 is 4.49. The van der Waals surface area contributed by atoms with Crippen LogP contribution < -0.4 is 5.73 Å². The molecule has 0 spiro atoms. The van der Waals surface area contributed by atoms with Gasteiger partial charge in [-0.2, -0.15) is 0 Å². The number of benzene rings is 2. The molecular formula is C30H31N5O. The van der Waals surface area contributed by atoms with Crippen LogP contribution >= 0.6 is 0 Å². The highest BCUT2D eigenvalue weighted by Gasteiger charge is 2.24. The van der Waals surface area contributed by atoms with Gasteiger partial charge in [0.25, 0.3) is 5.91 Å². The van der Waals surface area contributed by atoms with Crippen LogP contribution in [0.3, 0.4) is 0 Å². The molecule has 3 aromatic heterocycles. The van der Waals surface area contributed by atoms with Crippen molar-refractivity contribution < 1.29 is 4.79 Å². The first-order valence-electron chi connectivity index (χ1n) is 12.7. The number of likely N-dealkylation sites (tertiary alicyclic amines) is 1. The zero-order valence-electron chi connectivity index (χ0n) is 20.8. The lowest BCUT2D eigenvalue weighted by molar-refractivity contribution is 0.0708. The minimum absolute atomic E-state index is 0.0381. The average Bonchev–Trinajstić information content (AvgIpc) is 3.41. The molecule has 1 amide bonds. The van der Waals surface area contributed by atoms with Gasteiger partial charge in [-0.15, -0.1) is 0 Å². The van der Waals surface area contributed by atoms with Crippen molar-refractivity contribution in [3.05, 3.63) is 95.3 Å². The van der Waals surface area contributed by atoms with Crippen molar-refractivity contribution in [3.63, 3.8) is 0 Å². The van der Waals surface area contributed by atoms with Crippen LogP contribution in [0.1, 0.15) is 40.2 Å². The Hall–Kier alpha value is -3.90. The fraction of sp³-hybridized carbons (Fsp3) is 0.267. The van der Waals surface area contributed by atoms with E-state index in [1.165, 1.54) is 16.5 Å². The maximum Gasteiger partial charge on any atom is 0.254 e. The lowest BCUT2D eigenvalue weighted by Gasteiger charge is -2.30. The van der Waals surface area contributed by atoms with Gasteiger partial charge < -0.3 is 19.6 Å². The van der Waals surface area contributed by atoms with E-state index in [9.17, 15) is 4.79 Å². The van der Waals surface area contributed by atoms with Gasteiger partial charge in [0, 0.05) is 53.5 Å². The summed E-state index contributed by atoms with van der Waals surface area (Å²) in [6, 6.07) is 25.2. The van der Waals surface area contributed by atoms with E-state index in [1.807, 2.05) is 30.0 Å². The number of aromatic nitrogens is 3. The maximum absolute atomic E-state index is 13.3. The van der Waals surface area contributed by atoms with Crippen molar-refractivity contribution >= 4 is 22.5 Å². The van der Waals surface area contributed by atoms with E-state index in [2.05, 4.69) is 70.5 Å². The number of aryl methyl sites for hydroxylation is 2. The molecule has 6 heteroatoms. The monoisotopic (exact) mass is 477 g/mol. The maximum atomic E-state index is 13.3. The fourth-order valence-corrected chi connectivity index (χ4v) is 5.62. The van der Waals surface area contributed by atoms with E-state index in [0.29, 0.717) is 12.1 Å². The van der Waals surface area contributed by atoms with E-state index in [-0.39, 0.29) is 11.9 Å². The van der Waals surface area contributed by atoms with Crippen molar-refractivity contribution in [2.75, 3.05) is 13.1 Å². The zero-order valence-corrected chi connectivity index (χ0v) is 20.8. The van der Waals surface area contributed by atoms with Gasteiger partial charge in [-0.25, -0.2) is 4.98 Å². The van der Waals surface area contributed by atoms with Crippen LogP contribution in [0.5, 0.6) is 0 Å². The molecule has 1 atom stereocenters. The molecule has 2 aromatic carbocycles. The summed E-state index contributed by atoms with van der Waals surface area (Å²) in [7, 11) is 0. The predicted octanol–water partition coefficient (Wildman–Crippen LogP) is 5.18. The first-order chi connectivity index (χ1) is 17.5. The van der Waals surface area contributed by atoms with Crippen LogP contribution in [-0.4, -0.2) is 43.9 Å². The minimum Gasteiger partial charge on any atom is -0.337 e. The number of para-hydroxylation sites is 1. The lowest BCUT2D eigenvalue weighted by atomic mass is 10.1. The number of imidazole rings is 1. The summed E-state index contributed by atoms with van der Waals surface area (Å²) in [6.45, 7) is 6.28. The van der Waals surface area contributed by atoms with Crippen LogP contribution in [0, 0.1) is 13.8 Å². The number of amides is 1. The highest BCUT2D eigenvalue weighted by molar-refractivity contribution is 5.95. The molecule has 4 heterocycles. The summed E-state index contributed by atoms with van der Waals surface area (Å²) in [4.78, 5) is 20.3. The lowest BCUT2D eigenvalue weighted by Crippen LogP contribution is -2.45. The van der Waals surface area contributed by atoms with Gasteiger partial charge in [0.1, 0.15) is 11.3 Å². The topological polar surface area (TPSA) is 68.6 Å². The van der Waals surface area contributed by atoms with Gasteiger partial charge in [-0.1, -0.05) is 48.5 Å². The highest BCUT2D eigenvalue weighted by Crippen LogP contribution is 2.32. The van der Waals surface area contributed by atoms with Crippen molar-refractivity contribution in [1.29, 1.82) is 0 Å². The fourth-order valence-electron chi connectivity index (χ4n) is 5.62. The summed E-state index contributed by atoms with van der Waals surface area (Å²) >= 11 is 0. The van der Waals surface area contributed by atoms with Gasteiger partial charge >= 0.3 is 0 Å². The second-order valence-electron chi connectivity index (χ2n) is 9.94. The van der Waals surface area contributed by atoms with Crippen LogP contribution in [0.15, 0.2) is 72.8 Å². The van der Waals surface area contributed by atoms with E-state index in [1.54, 1.807) is 0 Å². The normalized spacial score (nSPS) is 16.2. The number of piperidine rings is 1. The number of fused-ring (bicyclic) bond motifs is 2. The standard InChI is InChI=1S/C30H31N5O/c1-20-15-24(30(36)33-14-8-12-25(31)19-33)17-28-32-29(21(2)35(20)28)27-16-23-11-6-7-13-26(23)34(27)18-22-9-4-3-5-10-22/h3-7,9-11,13,15-17,25H,8,12,14,18-19,31H2,1-2H3. The van der Waals surface area contributed by atoms with Gasteiger partial charge in [-0.05, 0) is 56.5 Å². The van der Waals surface area contributed by atoms with E-state index in [0.717, 1.165) is 54.4 Å². The van der Waals surface area contributed by atoms with Crippen molar-refractivity contribution in [3.8, 4) is 11.4 Å². The Morgan fingerprint density at radius 1 is 1.03 bits per heavy atom. The number of nitrogens with zero attached hydrogens (tertiary/aromatic N) is 4. The second-order valence-corrected chi connectivity index (χ2v) is 9.94. The molecule has 5 aromatic rings. The van der Waals surface area contributed by atoms with E-state index >= 15 is 0 Å². The Labute approximate surface area is 211 Å². The number of hydrogen-bond acceptors (Lipinski definition) is 3. The second kappa shape index (κ2) is 8.95. The molecular weight excluding hydrogens is 446 g/mol. The van der Waals surface area contributed by atoms with Crippen molar-refractivity contribution in [2.45, 2.75) is 39.3 Å². The molecule has 1 aliphatic heterocycles. The molecule has 1 fully saturated rings. The van der Waals surface area contributed by atoms with E-state index in [4.69, 9.17) is 10.7 Å². The van der Waals surface area contributed by atoms with Crippen molar-refractivity contribution in [1.82, 2.24) is 18.9 Å². The quantitative estimate of drug-likeness (QED) is 0.388. The largest absolute Gasteiger partial charge is 0.337 e. The van der Waals surface area contributed by atoms with Gasteiger partial charge in [0.2, 0.25) is 0 Å².